The van der Waals surface area contributed by atoms with Crippen LogP contribution < -0.4 is 19.7 Å². The molecule has 1 aliphatic rings. The highest BCUT2D eigenvalue weighted by atomic mass is 32.2. The van der Waals surface area contributed by atoms with Crippen LogP contribution in [-0.2, 0) is 16.1 Å². The first-order valence-corrected chi connectivity index (χ1v) is 14.2. The number of methoxy groups -OCH3 is 1. The number of nitrogens with zero attached hydrogens (tertiary/aromatic N) is 5. The lowest BCUT2D eigenvalue weighted by Gasteiger charge is -2.20. The molecule has 4 aromatic rings. The highest BCUT2D eigenvalue weighted by molar-refractivity contribution is 8.15. The summed E-state index contributed by atoms with van der Waals surface area (Å²) in [5.41, 5.74) is 2.37. The van der Waals surface area contributed by atoms with Crippen LogP contribution in [0.2, 0.25) is 0 Å². The number of amidine groups is 1. The summed E-state index contributed by atoms with van der Waals surface area (Å²) in [4.78, 5) is 34.5. The molecule has 240 valence electrons. The van der Waals surface area contributed by atoms with Gasteiger partial charge in [-0.25, -0.2) is 23.2 Å². The number of halogens is 5. The standard InChI is InChI=1S/C29H23F5N6O5S/c1-16-3-4-17(12-43-2)23(9-16)40-24(41)13-46-28(40)37-27(42)36-15-44-25-21(30)10-18(11-22(25)31)26-35-14-39(38-26)19-5-7-20(8-6-19)45-29(32,33)34/h3-11,14H,12-13,15H2,1-2H3,(H,36,42). The van der Waals surface area contributed by atoms with Gasteiger partial charge in [0, 0.05) is 18.2 Å². The fraction of sp³-hybridized carbons (Fsp3) is 0.207. The van der Waals surface area contributed by atoms with Crippen LogP contribution in [0.1, 0.15) is 11.1 Å². The molecule has 0 bridgehead atoms. The number of carbonyl (C=O) groups excluding carboxylic acids is 2. The summed E-state index contributed by atoms with van der Waals surface area (Å²) < 4.78 is 82.2. The quantitative estimate of drug-likeness (QED) is 0.178. The molecule has 1 aliphatic heterocycles. The second kappa shape index (κ2) is 13.5. The Labute approximate surface area is 262 Å². The minimum Gasteiger partial charge on any atom is -0.467 e. The molecule has 5 rings (SSSR count). The van der Waals surface area contributed by atoms with E-state index in [1.807, 2.05) is 19.1 Å². The lowest BCUT2D eigenvalue weighted by atomic mass is 10.1. The van der Waals surface area contributed by atoms with Crippen molar-refractivity contribution in [3.8, 4) is 28.6 Å². The highest BCUT2D eigenvalue weighted by Gasteiger charge is 2.32. The molecule has 0 atom stereocenters. The van der Waals surface area contributed by atoms with Crippen LogP contribution in [-0.4, -0.2) is 57.8 Å². The SMILES string of the molecule is COCc1ccc(C)cc1N1C(=O)CSC1=NC(=O)NCOc1c(F)cc(-c2ncn(-c3ccc(OC(F)(F)F)cc3)n2)cc1F. The third kappa shape index (κ3) is 7.60. The molecule has 1 aromatic heterocycles. The minimum atomic E-state index is -4.85. The lowest BCUT2D eigenvalue weighted by Crippen LogP contribution is -2.33. The van der Waals surface area contributed by atoms with Crippen molar-refractivity contribution in [1.29, 1.82) is 0 Å². The molecule has 1 saturated heterocycles. The Balaban J connectivity index is 1.23. The number of urea groups is 1. The van der Waals surface area contributed by atoms with Crippen molar-refractivity contribution in [2.75, 3.05) is 24.5 Å². The summed E-state index contributed by atoms with van der Waals surface area (Å²) >= 11 is 1.06. The van der Waals surface area contributed by atoms with Crippen LogP contribution in [0, 0.1) is 18.6 Å². The van der Waals surface area contributed by atoms with E-state index in [2.05, 4.69) is 25.1 Å². The van der Waals surface area contributed by atoms with Crippen LogP contribution in [0.5, 0.6) is 11.5 Å². The van der Waals surface area contributed by atoms with E-state index in [-0.39, 0.29) is 34.8 Å². The molecule has 46 heavy (non-hydrogen) atoms. The zero-order chi connectivity index (χ0) is 33.0. The summed E-state index contributed by atoms with van der Waals surface area (Å²) in [5.74, 6) is -3.77. The number of aryl methyl sites for hydroxylation is 1. The molecular formula is C29H23F5N6O5S. The Morgan fingerprint density at radius 3 is 2.48 bits per heavy atom. The minimum absolute atomic E-state index is 0.0550. The molecule has 0 radical (unpaired) electrons. The van der Waals surface area contributed by atoms with Crippen molar-refractivity contribution in [1.82, 2.24) is 20.1 Å². The summed E-state index contributed by atoms with van der Waals surface area (Å²) in [7, 11) is 1.52. The van der Waals surface area contributed by atoms with E-state index in [0.29, 0.717) is 16.9 Å². The number of anilines is 1. The first-order chi connectivity index (χ1) is 21.9. The van der Waals surface area contributed by atoms with Gasteiger partial charge in [0.2, 0.25) is 5.91 Å². The molecule has 0 aliphatic carbocycles. The van der Waals surface area contributed by atoms with E-state index in [9.17, 15) is 31.5 Å². The molecule has 0 saturated carbocycles. The summed E-state index contributed by atoms with van der Waals surface area (Å²) in [6.45, 7) is 1.43. The Kier molecular flexibility index (Phi) is 9.52. The molecule has 0 unspecified atom stereocenters. The number of hydrogen-bond acceptors (Lipinski definition) is 8. The van der Waals surface area contributed by atoms with Gasteiger partial charge in [-0.1, -0.05) is 23.9 Å². The number of carbonyl (C=O) groups is 2. The largest absolute Gasteiger partial charge is 0.573 e. The van der Waals surface area contributed by atoms with Crippen molar-refractivity contribution in [2.24, 2.45) is 4.99 Å². The van der Waals surface area contributed by atoms with Crippen LogP contribution in [0.3, 0.4) is 0 Å². The molecular weight excluding hydrogens is 639 g/mol. The predicted octanol–water partition coefficient (Wildman–Crippen LogP) is 5.75. The Hall–Kier alpha value is -5.03. The molecule has 3 aromatic carbocycles. The van der Waals surface area contributed by atoms with Crippen molar-refractivity contribution in [3.63, 3.8) is 0 Å². The van der Waals surface area contributed by atoms with E-state index in [0.717, 1.165) is 41.6 Å². The smallest absolute Gasteiger partial charge is 0.467 e. The molecule has 11 nitrogen and oxygen atoms in total. The first-order valence-electron chi connectivity index (χ1n) is 13.2. The monoisotopic (exact) mass is 662 g/mol. The van der Waals surface area contributed by atoms with Gasteiger partial charge in [0.25, 0.3) is 0 Å². The fourth-order valence-corrected chi connectivity index (χ4v) is 5.14. The average Bonchev–Trinajstić information content (AvgIpc) is 3.62. The summed E-state index contributed by atoms with van der Waals surface area (Å²) in [6, 6.07) is 11.1. The highest BCUT2D eigenvalue weighted by Crippen LogP contribution is 2.32. The van der Waals surface area contributed by atoms with Crippen LogP contribution in [0.15, 0.2) is 65.9 Å². The van der Waals surface area contributed by atoms with E-state index < -0.39 is 42.3 Å². The number of benzene rings is 3. The number of alkyl halides is 3. The topological polar surface area (TPSA) is 120 Å². The van der Waals surface area contributed by atoms with Crippen LogP contribution in [0.25, 0.3) is 17.1 Å². The van der Waals surface area contributed by atoms with Crippen LogP contribution in [0.4, 0.5) is 32.4 Å². The Morgan fingerprint density at radius 2 is 1.80 bits per heavy atom. The third-order valence-electron chi connectivity index (χ3n) is 6.27. The number of rotatable bonds is 9. The maximum absolute atomic E-state index is 14.8. The normalized spacial score (nSPS) is 14.2. The second-order valence-corrected chi connectivity index (χ2v) is 10.5. The predicted molar refractivity (Wildman–Crippen MR) is 157 cm³/mol. The maximum Gasteiger partial charge on any atom is 0.573 e. The summed E-state index contributed by atoms with van der Waals surface area (Å²) in [6.07, 6.45) is -3.64. The zero-order valence-electron chi connectivity index (χ0n) is 24.0. The van der Waals surface area contributed by atoms with Gasteiger partial charge >= 0.3 is 12.4 Å². The first kappa shape index (κ1) is 32.4. The number of hydrogen-bond donors (Lipinski definition) is 1. The number of ether oxygens (including phenoxy) is 3. The van der Waals surface area contributed by atoms with Gasteiger partial charge in [0.05, 0.1) is 23.7 Å². The summed E-state index contributed by atoms with van der Waals surface area (Å²) in [5, 5.41) is 6.51. The molecule has 2 heterocycles. The van der Waals surface area contributed by atoms with Crippen molar-refractivity contribution in [3.05, 3.63) is 83.7 Å². The molecule has 1 N–H and O–H groups in total. The number of aromatic nitrogens is 3. The fourth-order valence-electron chi connectivity index (χ4n) is 4.28. The van der Waals surface area contributed by atoms with Gasteiger partial charge in [-0.2, -0.15) is 4.99 Å². The van der Waals surface area contributed by atoms with Crippen LogP contribution >= 0.6 is 11.8 Å². The van der Waals surface area contributed by atoms with Gasteiger partial charge in [0.1, 0.15) is 12.1 Å². The lowest BCUT2D eigenvalue weighted by molar-refractivity contribution is -0.274. The van der Waals surface area contributed by atoms with Gasteiger partial charge in [-0.3, -0.25) is 9.69 Å². The van der Waals surface area contributed by atoms with Gasteiger partial charge in [-0.15, -0.1) is 18.3 Å². The van der Waals surface area contributed by atoms with E-state index >= 15 is 0 Å². The zero-order valence-corrected chi connectivity index (χ0v) is 24.8. The van der Waals surface area contributed by atoms with Gasteiger partial charge < -0.3 is 19.5 Å². The number of thioether (sulfide) groups is 1. The Bertz CT molecular complexity index is 1770. The van der Waals surface area contributed by atoms with Gasteiger partial charge in [-0.05, 0) is 55.0 Å². The molecule has 17 heteroatoms. The molecule has 1 fully saturated rings. The van der Waals surface area contributed by atoms with Crippen molar-refractivity contribution < 1.29 is 45.8 Å². The van der Waals surface area contributed by atoms with E-state index in [4.69, 9.17) is 9.47 Å². The molecule has 3 amide bonds. The number of nitrogens with one attached hydrogen (secondary N) is 1. The second-order valence-electron chi connectivity index (χ2n) is 9.57. The van der Waals surface area contributed by atoms with Crippen molar-refractivity contribution in [2.45, 2.75) is 19.9 Å². The Morgan fingerprint density at radius 1 is 1.09 bits per heavy atom. The van der Waals surface area contributed by atoms with Gasteiger partial charge in [0.15, 0.2) is 35.1 Å². The van der Waals surface area contributed by atoms with E-state index in [1.165, 1.54) is 35.2 Å². The third-order valence-corrected chi connectivity index (χ3v) is 7.19. The number of aliphatic imine (C=N–C) groups is 1. The van der Waals surface area contributed by atoms with E-state index in [1.54, 1.807) is 6.07 Å². The number of amides is 3. The van der Waals surface area contributed by atoms with Crippen molar-refractivity contribution >= 4 is 34.6 Å². The molecule has 0 spiro atoms. The average molecular weight is 663 g/mol. The maximum atomic E-state index is 14.8.